The maximum absolute atomic E-state index is 12.0. The van der Waals surface area contributed by atoms with Crippen LogP contribution in [0, 0.1) is 13.8 Å². The number of nitrogens with zero attached hydrogens (tertiary/aromatic N) is 1. The highest BCUT2D eigenvalue weighted by Crippen LogP contribution is 2.26. The van der Waals surface area contributed by atoms with E-state index in [-0.39, 0.29) is 18.0 Å². The Hall–Kier alpha value is -1.55. The number of hydrogen-bond acceptors (Lipinski definition) is 3. The fourth-order valence-electron chi connectivity index (χ4n) is 2.50. The fraction of sp³-hybridized carbons (Fsp3) is 0.500. The molecule has 0 bridgehead atoms. The van der Waals surface area contributed by atoms with E-state index in [1.54, 1.807) is 0 Å². The van der Waals surface area contributed by atoms with E-state index in [2.05, 4.69) is 36.2 Å². The van der Waals surface area contributed by atoms with Crippen LogP contribution in [0.2, 0.25) is 0 Å². The lowest BCUT2D eigenvalue weighted by atomic mass is 10.0. The Balaban J connectivity index is 2.40. The fourth-order valence-corrected chi connectivity index (χ4v) is 2.50. The van der Waals surface area contributed by atoms with E-state index >= 15 is 0 Å². The van der Waals surface area contributed by atoms with E-state index in [9.17, 15) is 4.79 Å². The monoisotopic (exact) mass is 247 g/mol. The number of aryl methyl sites for hydroxylation is 1. The van der Waals surface area contributed by atoms with Crippen LogP contribution in [0.5, 0.6) is 0 Å². The molecule has 1 heterocycles. The Morgan fingerprint density at radius 2 is 2.17 bits per heavy atom. The summed E-state index contributed by atoms with van der Waals surface area (Å²) in [6.45, 7) is 7.34. The number of nitrogens with two attached hydrogens (primary N) is 1. The average Bonchev–Trinajstić information content (AvgIpc) is 2.32. The van der Waals surface area contributed by atoms with Crippen LogP contribution >= 0.6 is 0 Å². The van der Waals surface area contributed by atoms with Gasteiger partial charge in [0.05, 0.1) is 0 Å². The van der Waals surface area contributed by atoms with Crippen LogP contribution in [-0.4, -0.2) is 31.1 Å². The standard InChI is InChI=1S/C14H21N3O/c1-9-5-4-6-12(11(9)3)17-8-10(2)16-14(18)13(17)7-15/h4-6,10,13H,7-8,15H2,1-3H3,(H,16,18). The van der Waals surface area contributed by atoms with Gasteiger partial charge in [-0.3, -0.25) is 4.79 Å². The maximum atomic E-state index is 12.0. The third-order valence-corrected chi connectivity index (χ3v) is 3.65. The van der Waals surface area contributed by atoms with E-state index in [4.69, 9.17) is 5.73 Å². The molecule has 0 saturated carbocycles. The van der Waals surface area contributed by atoms with Gasteiger partial charge in [-0.1, -0.05) is 12.1 Å². The lowest BCUT2D eigenvalue weighted by Crippen LogP contribution is -2.61. The molecular formula is C14H21N3O. The van der Waals surface area contributed by atoms with Crippen molar-refractivity contribution in [1.82, 2.24) is 5.32 Å². The van der Waals surface area contributed by atoms with Crippen molar-refractivity contribution >= 4 is 11.6 Å². The second kappa shape index (κ2) is 4.98. The Bertz CT molecular complexity index is 458. The third kappa shape index (κ3) is 2.20. The number of carbonyl (C=O) groups excluding carboxylic acids is 1. The minimum Gasteiger partial charge on any atom is -0.356 e. The van der Waals surface area contributed by atoms with Crippen LogP contribution in [-0.2, 0) is 4.79 Å². The molecule has 0 spiro atoms. The van der Waals surface area contributed by atoms with Crippen molar-refractivity contribution in [2.75, 3.05) is 18.0 Å². The number of anilines is 1. The van der Waals surface area contributed by atoms with Gasteiger partial charge in [0.2, 0.25) is 5.91 Å². The summed E-state index contributed by atoms with van der Waals surface area (Å²) in [5.41, 5.74) is 9.33. The molecule has 1 aromatic rings. The van der Waals surface area contributed by atoms with Gasteiger partial charge in [0.25, 0.3) is 0 Å². The molecule has 2 unspecified atom stereocenters. The van der Waals surface area contributed by atoms with E-state index in [0.717, 1.165) is 12.2 Å². The molecule has 1 amide bonds. The molecule has 2 atom stereocenters. The van der Waals surface area contributed by atoms with Gasteiger partial charge in [-0.25, -0.2) is 0 Å². The smallest absolute Gasteiger partial charge is 0.244 e. The van der Waals surface area contributed by atoms with Crippen molar-refractivity contribution in [3.05, 3.63) is 29.3 Å². The Morgan fingerprint density at radius 3 is 2.83 bits per heavy atom. The molecule has 0 aliphatic carbocycles. The van der Waals surface area contributed by atoms with Gasteiger partial charge in [0.15, 0.2) is 0 Å². The minimum absolute atomic E-state index is 0.0251. The summed E-state index contributed by atoms with van der Waals surface area (Å²) in [5.74, 6) is 0.0251. The van der Waals surface area contributed by atoms with E-state index < -0.39 is 0 Å². The molecular weight excluding hydrogens is 226 g/mol. The molecule has 4 nitrogen and oxygen atoms in total. The normalized spacial score (nSPS) is 24.0. The first kappa shape index (κ1) is 12.9. The quantitative estimate of drug-likeness (QED) is 0.818. The van der Waals surface area contributed by atoms with Crippen LogP contribution in [0.3, 0.4) is 0 Å². The average molecular weight is 247 g/mol. The molecule has 0 radical (unpaired) electrons. The van der Waals surface area contributed by atoms with Crippen molar-refractivity contribution in [3.8, 4) is 0 Å². The van der Waals surface area contributed by atoms with Crippen molar-refractivity contribution < 1.29 is 4.79 Å². The number of rotatable bonds is 2. The van der Waals surface area contributed by atoms with Crippen molar-refractivity contribution in [2.45, 2.75) is 32.9 Å². The zero-order chi connectivity index (χ0) is 13.3. The summed E-state index contributed by atoms with van der Waals surface area (Å²) in [7, 11) is 0. The van der Waals surface area contributed by atoms with Gasteiger partial charge < -0.3 is 16.0 Å². The lowest BCUT2D eigenvalue weighted by molar-refractivity contribution is -0.123. The Labute approximate surface area is 108 Å². The Morgan fingerprint density at radius 1 is 1.44 bits per heavy atom. The largest absolute Gasteiger partial charge is 0.356 e. The van der Waals surface area contributed by atoms with Crippen LogP contribution in [0.25, 0.3) is 0 Å². The minimum atomic E-state index is -0.262. The first-order chi connectivity index (χ1) is 8.54. The molecule has 1 aliphatic heterocycles. The van der Waals surface area contributed by atoms with Crippen molar-refractivity contribution in [3.63, 3.8) is 0 Å². The Kier molecular flexibility index (Phi) is 3.57. The lowest BCUT2D eigenvalue weighted by Gasteiger charge is -2.40. The number of nitrogens with one attached hydrogen (secondary N) is 1. The second-order valence-corrected chi connectivity index (χ2v) is 5.03. The summed E-state index contributed by atoms with van der Waals surface area (Å²) in [5, 5.41) is 2.95. The number of piperazine rings is 1. The van der Waals surface area contributed by atoms with Gasteiger partial charge >= 0.3 is 0 Å². The van der Waals surface area contributed by atoms with Crippen molar-refractivity contribution in [2.24, 2.45) is 5.73 Å². The first-order valence-electron chi connectivity index (χ1n) is 6.38. The van der Waals surface area contributed by atoms with Crippen molar-refractivity contribution in [1.29, 1.82) is 0 Å². The van der Waals surface area contributed by atoms with E-state index in [1.807, 2.05) is 13.0 Å². The second-order valence-electron chi connectivity index (χ2n) is 5.03. The number of hydrogen-bond donors (Lipinski definition) is 2. The third-order valence-electron chi connectivity index (χ3n) is 3.65. The molecule has 18 heavy (non-hydrogen) atoms. The molecule has 1 aromatic carbocycles. The predicted octanol–water partition coefficient (Wildman–Crippen LogP) is 0.955. The van der Waals surface area contributed by atoms with Crippen LogP contribution in [0.4, 0.5) is 5.69 Å². The van der Waals surface area contributed by atoms with Crippen LogP contribution < -0.4 is 16.0 Å². The van der Waals surface area contributed by atoms with E-state index in [1.165, 1.54) is 11.1 Å². The van der Waals surface area contributed by atoms with Gasteiger partial charge in [0.1, 0.15) is 6.04 Å². The van der Waals surface area contributed by atoms with Crippen LogP contribution in [0.15, 0.2) is 18.2 Å². The number of carbonyl (C=O) groups is 1. The predicted molar refractivity (Wildman–Crippen MR) is 73.7 cm³/mol. The summed E-state index contributed by atoms with van der Waals surface area (Å²) >= 11 is 0. The zero-order valence-electron chi connectivity index (χ0n) is 11.2. The van der Waals surface area contributed by atoms with Gasteiger partial charge in [0, 0.05) is 24.8 Å². The molecule has 0 aromatic heterocycles. The molecule has 1 aliphatic rings. The zero-order valence-corrected chi connectivity index (χ0v) is 11.2. The number of benzene rings is 1. The topological polar surface area (TPSA) is 58.4 Å². The molecule has 3 N–H and O–H groups in total. The van der Waals surface area contributed by atoms with Crippen LogP contribution in [0.1, 0.15) is 18.1 Å². The van der Waals surface area contributed by atoms with E-state index in [0.29, 0.717) is 6.54 Å². The maximum Gasteiger partial charge on any atom is 0.244 e. The molecule has 1 fully saturated rings. The summed E-state index contributed by atoms with van der Waals surface area (Å²) in [6.07, 6.45) is 0. The first-order valence-corrected chi connectivity index (χ1v) is 6.38. The summed E-state index contributed by atoms with van der Waals surface area (Å²) < 4.78 is 0. The van der Waals surface area contributed by atoms with Gasteiger partial charge in [-0.05, 0) is 38.0 Å². The molecule has 1 saturated heterocycles. The SMILES string of the molecule is Cc1cccc(N2CC(C)NC(=O)C2CN)c1C. The summed E-state index contributed by atoms with van der Waals surface area (Å²) in [4.78, 5) is 14.1. The highest BCUT2D eigenvalue weighted by molar-refractivity contribution is 5.87. The molecule has 2 rings (SSSR count). The highest BCUT2D eigenvalue weighted by atomic mass is 16.2. The molecule has 98 valence electrons. The number of amides is 1. The van der Waals surface area contributed by atoms with Gasteiger partial charge in [-0.15, -0.1) is 0 Å². The molecule has 4 heteroatoms. The van der Waals surface area contributed by atoms with Gasteiger partial charge in [-0.2, -0.15) is 0 Å². The highest BCUT2D eigenvalue weighted by Gasteiger charge is 2.32. The summed E-state index contributed by atoms with van der Waals surface area (Å²) in [6, 6.07) is 6.07.